The van der Waals surface area contributed by atoms with Crippen molar-refractivity contribution >= 4 is 28.9 Å². The van der Waals surface area contributed by atoms with Crippen LogP contribution < -0.4 is 14.8 Å². The fourth-order valence-corrected chi connectivity index (χ4v) is 5.83. The molecule has 0 unspecified atom stereocenters. The van der Waals surface area contributed by atoms with Crippen molar-refractivity contribution < 1.29 is 9.53 Å². The number of rotatable bonds is 5. The summed E-state index contributed by atoms with van der Waals surface area (Å²) in [5.41, 5.74) is 3.43. The Morgan fingerprint density at radius 1 is 0.902 bits per heavy atom. The van der Waals surface area contributed by atoms with E-state index in [4.69, 9.17) is 9.84 Å². The van der Waals surface area contributed by atoms with E-state index >= 15 is 0 Å². The van der Waals surface area contributed by atoms with Gasteiger partial charge in [-0.05, 0) is 30.3 Å². The predicted molar refractivity (Wildman–Crippen MR) is 158 cm³/mol. The second kappa shape index (κ2) is 11.6. The number of ether oxygens (including phenoxy) is 1. The lowest BCUT2D eigenvalue weighted by Gasteiger charge is -2.26. The first-order chi connectivity index (χ1) is 20.1. The van der Waals surface area contributed by atoms with Crippen molar-refractivity contribution in [1.82, 2.24) is 19.2 Å². The Morgan fingerprint density at radius 2 is 1.51 bits per heavy atom. The Kier molecular flexibility index (Phi) is 7.41. The average Bonchev–Trinajstić information content (AvgIpc) is 3.60. The van der Waals surface area contributed by atoms with Crippen LogP contribution in [0.2, 0.25) is 0 Å². The van der Waals surface area contributed by atoms with Gasteiger partial charge in [0.2, 0.25) is 0 Å². The van der Waals surface area contributed by atoms with Gasteiger partial charge in [-0.1, -0.05) is 66.7 Å². The third kappa shape index (κ3) is 5.26. The van der Waals surface area contributed by atoms with Crippen LogP contribution in [0.3, 0.4) is 0 Å². The number of nitrogens with zero attached hydrogens (tertiary/aromatic N) is 5. The molecule has 1 aliphatic rings. The molecule has 0 saturated carbocycles. The number of carbonyl (C=O) groups is 1. The van der Waals surface area contributed by atoms with Crippen LogP contribution in [0.1, 0.15) is 5.56 Å². The molecular formula is C32H25N5O3S. The van der Waals surface area contributed by atoms with Gasteiger partial charge in [-0.25, -0.2) is 4.68 Å². The minimum absolute atomic E-state index is 0.0687. The lowest BCUT2D eigenvalue weighted by atomic mass is 10.1. The summed E-state index contributed by atoms with van der Waals surface area (Å²) in [6.45, 7) is 1.60. The molecule has 8 nitrogen and oxygen atoms in total. The van der Waals surface area contributed by atoms with Gasteiger partial charge in [-0.15, -0.1) is 11.3 Å². The molecule has 0 aliphatic carbocycles. The van der Waals surface area contributed by atoms with Crippen molar-refractivity contribution in [3.8, 4) is 28.7 Å². The summed E-state index contributed by atoms with van der Waals surface area (Å²) in [7, 11) is 0. The van der Waals surface area contributed by atoms with Crippen molar-refractivity contribution in [3.05, 3.63) is 122 Å². The van der Waals surface area contributed by atoms with E-state index in [9.17, 15) is 14.9 Å². The van der Waals surface area contributed by atoms with E-state index in [-0.39, 0.29) is 11.1 Å². The minimum atomic E-state index is -0.407. The molecule has 3 heterocycles. The quantitative estimate of drug-likeness (QED) is 0.330. The van der Waals surface area contributed by atoms with E-state index in [0.29, 0.717) is 46.9 Å². The summed E-state index contributed by atoms with van der Waals surface area (Å²) >= 11 is 1.13. The van der Waals surface area contributed by atoms with Crippen molar-refractivity contribution in [1.29, 1.82) is 5.26 Å². The van der Waals surface area contributed by atoms with E-state index in [1.54, 1.807) is 27.8 Å². The SMILES string of the molecule is N#C/C(C(=O)N1CCOCC1)=c1/s/c(=C/c2cn(-c3ccccc3)nc2-c2ccccc2)c(=O)n1-c1ccccc1. The van der Waals surface area contributed by atoms with E-state index < -0.39 is 5.91 Å². The maximum absolute atomic E-state index is 14.0. The second-order valence-electron chi connectivity index (χ2n) is 9.36. The molecule has 0 atom stereocenters. The molecule has 2 aromatic heterocycles. The summed E-state index contributed by atoms with van der Waals surface area (Å²) in [4.78, 5) is 29.1. The maximum atomic E-state index is 14.0. The molecule has 1 fully saturated rings. The Morgan fingerprint density at radius 3 is 2.15 bits per heavy atom. The van der Waals surface area contributed by atoms with Crippen molar-refractivity contribution in [2.75, 3.05) is 26.3 Å². The monoisotopic (exact) mass is 559 g/mol. The van der Waals surface area contributed by atoms with Gasteiger partial charge >= 0.3 is 0 Å². The van der Waals surface area contributed by atoms with Gasteiger partial charge in [0.1, 0.15) is 10.7 Å². The number of hydrogen-bond donors (Lipinski definition) is 0. The number of benzene rings is 3. The highest BCUT2D eigenvalue weighted by Gasteiger charge is 2.24. The van der Waals surface area contributed by atoms with Gasteiger partial charge in [0.05, 0.1) is 34.8 Å². The van der Waals surface area contributed by atoms with Crippen molar-refractivity contribution in [2.24, 2.45) is 0 Å². The number of thiazole rings is 1. The number of para-hydroxylation sites is 2. The summed E-state index contributed by atoms with van der Waals surface area (Å²) < 4.78 is 9.30. The number of morpholine rings is 1. The highest BCUT2D eigenvalue weighted by Crippen LogP contribution is 2.24. The summed E-state index contributed by atoms with van der Waals surface area (Å²) in [5.74, 6) is -0.407. The molecular weight excluding hydrogens is 534 g/mol. The Labute approximate surface area is 239 Å². The largest absolute Gasteiger partial charge is 0.378 e. The minimum Gasteiger partial charge on any atom is -0.378 e. The van der Waals surface area contributed by atoms with Crippen LogP contribution in [0, 0.1) is 11.3 Å². The fourth-order valence-electron chi connectivity index (χ4n) is 4.74. The highest BCUT2D eigenvalue weighted by atomic mass is 32.1. The zero-order valence-corrected chi connectivity index (χ0v) is 22.8. The first-order valence-electron chi connectivity index (χ1n) is 13.1. The van der Waals surface area contributed by atoms with Gasteiger partial charge in [-0.2, -0.15) is 10.4 Å². The lowest BCUT2D eigenvalue weighted by molar-refractivity contribution is -0.128. The van der Waals surface area contributed by atoms with Crippen LogP contribution in [0.5, 0.6) is 0 Å². The van der Waals surface area contributed by atoms with Crippen molar-refractivity contribution in [2.45, 2.75) is 0 Å². The molecule has 1 aliphatic heterocycles. The fraction of sp³-hybridized carbons (Fsp3) is 0.125. The third-order valence-corrected chi connectivity index (χ3v) is 7.87. The normalized spacial score (nSPS) is 14.5. The van der Waals surface area contributed by atoms with Gasteiger partial charge in [0.15, 0.2) is 5.57 Å². The molecule has 1 amide bonds. The smallest absolute Gasteiger partial charge is 0.273 e. The topological polar surface area (TPSA) is 93.2 Å². The van der Waals surface area contributed by atoms with Gasteiger partial charge < -0.3 is 9.64 Å². The van der Waals surface area contributed by atoms with Crippen LogP contribution in [-0.4, -0.2) is 51.5 Å². The Balaban J connectivity index is 1.60. The first kappa shape index (κ1) is 26.2. The van der Waals surface area contributed by atoms with Crippen LogP contribution in [-0.2, 0) is 9.53 Å². The summed E-state index contributed by atoms with van der Waals surface area (Å²) in [5, 5.41) is 15.0. The number of hydrogen-bond acceptors (Lipinski definition) is 6. The maximum Gasteiger partial charge on any atom is 0.273 e. The molecule has 41 heavy (non-hydrogen) atoms. The highest BCUT2D eigenvalue weighted by molar-refractivity contribution is 7.07. The standard InChI is InChI=1S/C32H25N5O3S/c33-21-27(30(38)35-16-18-40-19-17-35)32-37(26-14-8-3-9-15-26)31(39)28(41-32)20-24-22-36(25-12-6-2-7-13-25)34-29(24)23-10-4-1-5-11-23/h1-15,20,22H,16-19H2/b28-20+,32-27-. The summed E-state index contributed by atoms with van der Waals surface area (Å²) in [6, 6.07) is 30.7. The molecule has 6 rings (SSSR count). The number of aromatic nitrogens is 3. The zero-order chi connectivity index (χ0) is 28.2. The molecule has 0 N–H and O–H groups in total. The Hall–Kier alpha value is -5.04. The third-order valence-electron chi connectivity index (χ3n) is 6.77. The second-order valence-corrected chi connectivity index (χ2v) is 10.4. The van der Waals surface area contributed by atoms with Crippen molar-refractivity contribution in [3.63, 3.8) is 0 Å². The van der Waals surface area contributed by atoms with Gasteiger partial charge in [-0.3, -0.25) is 14.2 Å². The number of amides is 1. The van der Waals surface area contributed by atoms with Crippen LogP contribution in [0.25, 0.3) is 34.3 Å². The molecule has 5 aromatic rings. The molecule has 9 heteroatoms. The molecule has 0 radical (unpaired) electrons. The lowest BCUT2D eigenvalue weighted by Crippen LogP contribution is -2.42. The zero-order valence-electron chi connectivity index (χ0n) is 22.0. The van der Waals surface area contributed by atoms with Crippen LogP contribution in [0.4, 0.5) is 0 Å². The number of nitriles is 1. The van der Waals surface area contributed by atoms with E-state index in [1.165, 1.54) is 4.57 Å². The van der Waals surface area contributed by atoms with E-state index in [1.807, 2.05) is 85.1 Å². The molecule has 3 aromatic carbocycles. The van der Waals surface area contributed by atoms with Gasteiger partial charge in [0, 0.05) is 30.4 Å². The van der Waals surface area contributed by atoms with Crippen LogP contribution in [0.15, 0.2) is 102 Å². The van der Waals surface area contributed by atoms with E-state index in [2.05, 4.69) is 6.07 Å². The molecule has 202 valence electrons. The number of carbonyl (C=O) groups excluding carboxylic acids is 1. The summed E-state index contributed by atoms with van der Waals surface area (Å²) in [6.07, 6.45) is 3.68. The average molecular weight is 560 g/mol. The van der Waals surface area contributed by atoms with E-state index in [0.717, 1.165) is 28.2 Å². The van der Waals surface area contributed by atoms with Gasteiger partial charge in [0.25, 0.3) is 11.5 Å². The predicted octanol–water partition coefficient (Wildman–Crippen LogP) is 3.11. The first-order valence-corrected chi connectivity index (χ1v) is 14.0. The van der Waals surface area contributed by atoms with Crippen LogP contribution >= 0.6 is 11.3 Å². The molecule has 0 bridgehead atoms. The molecule has 1 saturated heterocycles. The molecule has 0 spiro atoms. The Bertz CT molecular complexity index is 1910.